The number of ether oxygens (including phenoxy) is 1. The molecule has 0 spiro atoms. The molecule has 29 heavy (non-hydrogen) atoms. The van der Waals surface area contributed by atoms with E-state index in [1.165, 1.54) is 31.4 Å². The Morgan fingerprint density at radius 2 is 1.97 bits per heavy atom. The van der Waals surface area contributed by atoms with Gasteiger partial charge in [-0.15, -0.1) is 0 Å². The molecule has 148 valence electrons. The van der Waals surface area contributed by atoms with E-state index in [9.17, 15) is 14.0 Å². The first-order valence-corrected chi connectivity index (χ1v) is 9.04. The molecule has 1 atom stereocenters. The number of amides is 2. The van der Waals surface area contributed by atoms with Crippen LogP contribution in [-0.2, 0) is 7.05 Å². The summed E-state index contributed by atoms with van der Waals surface area (Å²) < 4.78 is 20.7. The molecule has 4 rings (SSSR count). The zero-order valence-corrected chi connectivity index (χ0v) is 15.9. The van der Waals surface area contributed by atoms with Crippen LogP contribution in [0, 0.1) is 5.82 Å². The molecular formula is C21H19FN4O3. The normalized spacial score (nSPS) is 14.8. The average molecular weight is 394 g/mol. The van der Waals surface area contributed by atoms with Crippen molar-refractivity contribution in [2.45, 2.75) is 5.92 Å². The second-order valence-electron chi connectivity index (χ2n) is 6.79. The fourth-order valence-corrected chi connectivity index (χ4v) is 3.42. The highest BCUT2D eigenvalue weighted by Gasteiger charge is 2.31. The van der Waals surface area contributed by atoms with Crippen LogP contribution in [0.15, 0.2) is 48.8 Å². The lowest BCUT2D eigenvalue weighted by molar-refractivity contribution is 0.0960. The number of nitrogens with one attached hydrogen (secondary N) is 2. The fraction of sp³-hybridized carbons (Fsp3) is 0.190. The van der Waals surface area contributed by atoms with Gasteiger partial charge in [-0.2, -0.15) is 5.10 Å². The van der Waals surface area contributed by atoms with Gasteiger partial charge in [0.25, 0.3) is 11.8 Å². The number of hydrogen-bond acceptors (Lipinski definition) is 4. The highest BCUT2D eigenvalue weighted by Crippen LogP contribution is 2.41. The number of fused-ring (bicyclic) bond motifs is 1. The number of hydrogen-bond donors (Lipinski definition) is 2. The highest BCUT2D eigenvalue weighted by molar-refractivity contribution is 6.07. The quantitative estimate of drug-likeness (QED) is 0.713. The Hall–Kier alpha value is -3.68. The van der Waals surface area contributed by atoms with Crippen molar-refractivity contribution in [1.29, 1.82) is 0 Å². The van der Waals surface area contributed by atoms with Gasteiger partial charge in [-0.05, 0) is 29.8 Å². The molecule has 0 fully saturated rings. The molecule has 2 aromatic carbocycles. The monoisotopic (exact) mass is 394 g/mol. The van der Waals surface area contributed by atoms with Gasteiger partial charge in [0.15, 0.2) is 0 Å². The number of carbonyl (C=O) groups excluding carboxylic acids is 2. The Kier molecular flexibility index (Phi) is 4.75. The van der Waals surface area contributed by atoms with Gasteiger partial charge in [-0.25, -0.2) is 4.39 Å². The van der Waals surface area contributed by atoms with Crippen LogP contribution in [0.25, 0.3) is 0 Å². The third-order valence-electron chi connectivity index (χ3n) is 4.86. The molecule has 7 nitrogen and oxygen atoms in total. The van der Waals surface area contributed by atoms with Crippen LogP contribution in [0.3, 0.4) is 0 Å². The molecule has 3 aromatic rings. The molecule has 0 saturated heterocycles. The molecule has 2 amide bonds. The van der Waals surface area contributed by atoms with Crippen molar-refractivity contribution in [3.8, 4) is 5.75 Å². The zero-order chi connectivity index (χ0) is 20.5. The number of aryl methyl sites for hydroxylation is 1. The van der Waals surface area contributed by atoms with E-state index in [-0.39, 0.29) is 29.1 Å². The first-order valence-electron chi connectivity index (χ1n) is 9.04. The maximum absolute atomic E-state index is 13.3. The van der Waals surface area contributed by atoms with Crippen LogP contribution in [0.1, 0.15) is 37.8 Å². The van der Waals surface area contributed by atoms with Gasteiger partial charge in [0, 0.05) is 37.3 Å². The maximum atomic E-state index is 13.3. The van der Waals surface area contributed by atoms with Crippen LogP contribution < -0.4 is 15.4 Å². The van der Waals surface area contributed by atoms with Crippen molar-refractivity contribution in [3.05, 3.63) is 76.9 Å². The second kappa shape index (κ2) is 7.38. The SMILES string of the molecule is CNC(=O)c1cc(C(=O)Nc2cnn(C)c2)cc2c1OC[C@@H]2c1ccc(F)cc1. The summed E-state index contributed by atoms with van der Waals surface area (Å²) >= 11 is 0. The lowest BCUT2D eigenvalue weighted by Gasteiger charge is -2.13. The van der Waals surface area contributed by atoms with Gasteiger partial charge in [0.2, 0.25) is 0 Å². The number of benzene rings is 2. The standard InChI is InChI=1S/C21H19FN4O3/c1-23-21(28)17-8-13(20(27)25-15-9-24-26(2)10-15)7-16-18(11-29-19(16)17)12-3-5-14(22)6-4-12/h3-10,18H,11H2,1-2H3,(H,23,28)(H,25,27)/t18-/m1/s1. The summed E-state index contributed by atoms with van der Waals surface area (Å²) in [6, 6.07) is 9.35. The number of carbonyl (C=O) groups is 2. The van der Waals surface area contributed by atoms with Gasteiger partial charge in [-0.1, -0.05) is 12.1 Å². The van der Waals surface area contributed by atoms with E-state index in [4.69, 9.17) is 4.74 Å². The van der Waals surface area contributed by atoms with Crippen molar-refractivity contribution in [2.75, 3.05) is 19.0 Å². The molecular weight excluding hydrogens is 375 g/mol. The van der Waals surface area contributed by atoms with Crippen molar-refractivity contribution in [1.82, 2.24) is 15.1 Å². The van der Waals surface area contributed by atoms with E-state index in [1.54, 1.807) is 36.1 Å². The van der Waals surface area contributed by atoms with Crippen LogP contribution >= 0.6 is 0 Å². The summed E-state index contributed by atoms with van der Waals surface area (Å²) in [7, 11) is 3.27. The Morgan fingerprint density at radius 1 is 1.21 bits per heavy atom. The summed E-state index contributed by atoms with van der Waals surface area (Å²) in [6.07, 6.45) is 3.21. The number of rotatable bonds is 4. The molecule has 2 heterocycles. The molecule has 2 N–H and O–H groups in total. The molecule has 1 aliphatic heterocycles. The molecule has 0 saturated carbocycles. The average Bonchev–Trinajstić information content (AvgIpc) is 3.33. The minimum atomic E-state index is -0.365. The van der Waals surface area contributed by atoms with E-state index in [2.05, 4.69) is 15.7 Å². The molecule has 8 heteroatoms. The fourth-order valence-electron chi connectivity index (χ4n) is 3.42. The summed E-state index contributed by atoms with van der Waals surface area (Å²) in [4.78, 5) is 25.2. The first kappa shape index (κ1) is 18.7. The third-order valence-corrected chi connectivity index (χ3v) is 4.86. The minimum absolute atomic E-state index is 0.208. The van der Waals surface area contributed by atoms with Crippen molar-refractivity contribution in [2.24, 2.45) is 7.05 Å². The van der Waals surface area contributed by atoms with Gasteiger partial charge < -0.3 is 15.4 Å². The number of nitrogens with zero attached hydrogens (tertiary/aromatic N) is 2. The highest BCUT2D eigenvalue weighted by atomic mass is 19.1. The Labute approximate surface area is 166 Å². The summed E-state index contributed by atoms with van der Waals surface area (Å²) in [5.74, 6) is -0.812. The van der Waals surface area contributed by atoms with Gasteiger partial charge in [0.05, 0.1) is 24.1 Å². The molecule has 1 aromatic heterocycles. The second-order valence-corrected chi connectivity index (χ2v) is 6.79. The van der Waals surface area contributed by atoms with E-state index in [0.717, 1.165) is 5.56 Å². The predicted molar refractivity (Wildman–Crippen MR) is 105 cm³/mol. The third kappa shape index (κ3) is 3.56. The van der Waals surface area contributed by atoms with E-state index >= 15 is 0 Å². The summed E-state index contributed by atoms with van der Waals surface area (Å²) in [6.45, 7) is 0.304. The topological polar surface area (TPSA) is 85.3 Å². The summed E-state index contributed by atoms with van der Waals surface area (Å²) in [5.41, 5.74) is 2.72. The summed E-state index contributed by atoms with van der Waals surface area (Å²) in [5, 5.41) is 9.38. The largest absolute Gasteiger partial charge is 0.491 e. The van der Waals surface area contributed by atoms with Crippen LogP contribution in [0.5, 0.6) is 5.75 Å². The van der Waals surface area contributed by atoms with Gasteiger partial charge >= 0.3 is 0 Å². The van der Waals surface area contributed by atoms with Gasteiger partial charge in [0.1, 0.15) is 11.6 Å². The smallest absolute Gasteiger partial charge is 0.255 e. The molecule has 1 aliphatic rings. The number of halogens is 1. The Balaban J connectivity index is 1.75. The lowest BCUT2D eigenvalue weighted by atomic mass is 9.90. The van der Waals surface area contributed by atoms with Crippen molar-refractivity contribution < 1.29 is 18.7 Å². The number of anilines is 1. The van der Waals surface area contributed by atoms with E-state index in [0.29, 0.717) is 29.2 Å². The van der Waals surface area contributed by atoms with Crippen molar-refractivity contribution >= 4 is 17.5 Å². The maximum Gasteiger partial charge on any atom is 0.255 e. The van der Waals surface area contributed by atoms with E-state index < -0.39 is 0 Å². The molecule has 0 radical (unpaired) electrons. The van der Waals surface area contributed by atoms with E-state index in [1.807, 2.05) is 0 Å². The first-order chi connectivity index (χ1) is 14.0. The minimum Gasteiger partial charge on any atom is -0.491 e. The van der Waals surface area contributed by atoms with Crippen LogP contribution in [-0.4, -0.2) is 35.2 Å². The molecule has 0 aliphatic carbocycles. The lowest BCUT2D eigenvalue weighted by Crippen LogP contribution is -2.20. The van der Waals surface area contributed by atoms with Crippen LogP contribution in [0.4, 0.5) is 10.1 Å². The Morgan fingerprint density at radius 3 is 2.62 bits per heavy atom. The number of aromatic nitrogens is 2. The zero-order valence-electron chi connectivity index (χ0n) is 15.9. The molecule has 0 bridgehead atoms. The Bertz CT molecular complexity index is 1090. The van der Waals surface area contributed by atoms with Crippen LogP contribution in [0.2, 0.25) is 0 Å². The molecule has 0 unspecified atom stereocenters. The van der Waals surface area contributed by atoms with Gasteiger partial charge in [-0.3, -0.25) is 14.3 Å². The predicted octanol–water partition coefficient (Wildman–Crippen LogP) is 2.70. The van der Waals surface area contributed by atoms with Crippen molar-refractivity contribution in [3.63, 3.8) is 0 Å².